The van der Waals surface area contributed by atoms with E-state index < -0.39 is 0 Å². The molecule has 1 heterocycles. The minimum Gasteiger partial charge on any atom is -0.392 e. The van der Waals surface area contributed by atoms with Gasteiger partial charge in [0.2, 0.25) is 0 Å². The molecule has 3 N–H and O–H groups in total. The van der Waals surface area contributed by atoms with Crippen LogP contribution in [-0.4, -0.2) is 15.1 Å². The van der Waals surface area contributed by atoms with Crippen molar-refractivity contribution < 1.29 is 5.11 Å². The minimum absolute atomic E-state index is 0.0159. The Kier molecular flexibility index (Phi) is 1.83. The first-order valence-corrected chi connectivity index (χ1v) is 3.91. The van der Waals surface area contributed by atoms with Crippen LogP contribution in [0.2, 0.25) is 0 Å². The summed E-state index contributed by atoms with van der Waals surface area (Å²) in [6, 6.07) is 5.39. The Bertz CT molecular complexity index is 442. The van der Waals surface area contributed by atoms with Gasteiger partial charge in [0.15, 0.2) is 0 Å². The highest BCUT2D eigenvalue weighted by molar-refractivity contribution is 5.75. The van der Waals surface area contributed by atoms with E-state index in [1.807, 2.05) is 0 Å². The molecule has 4 heteroatoms. The van der Waals surface area contributed by atoms with Crippen LogP contribution >= 0.6 is 0 Å². The molecule has 0 radical (unpaired) electrons. The molecule has 2 aromatic rings. The van der Waals surface area contributed by atoms with E-state index in [0.29, 0.717) is 5.82 Å². The first-order chi connectivity index (χ1) is 6.29. The number of nitrogen functional groups attached to an aromatic ring is 1. The average molecular weight is 175 g/mol. The van der Waals surface area contributed by atoms with Crippen molar-refractivity contribution in [2.75, 3.05) is 5.73 Å². The van der Waals surface area contributed by atoms with Crippen LogP contribution in [0.1, 0.15) is 5.56 Å². The standard InChI is InChI=1S/C9H9N3O/c10-9-4-11-8-3-6(5-13)1-2-7(8)12-9/h1-4,13H,5H2,(H2,10,12). The van der Waals surface area contributed by atoms with Crippen LogP contribution in [0.3, 0.4) is 0 Å². The second-order valence-corrected chi connectivity index (χ2v) is 2.78. The van der Waals surface area contributed by atoms with E-state index in [1.165, 1.54) is 6.20 Å². The van der Waals surface area contributed by atoms with Crippen molar-refractivity contribution >= 4 is 16.9 Å². The number of anilines is 1. The van der Waals surface area contributed by atoms with Crippen LogP contribution in [0.5, 0.6) is 0 Å². The molecule has 0 saturated carbocycles. The molecular formula is C9H9N3O. The fraction of sp³-hybridized carbons (Fsp3) is 0.111. The molecular weight excluding hydrogens is 166 g/mol. The molecule has 0 atom stereocenters. The zero-order chi connectivity index (χ0) is 9.26. The Morgan fingerprint density at radius 1 is 1.31 bits per heavy atom. The Hall–Kier alpha value is -1.68. The maximum Gasteiger partial charge on any atom is 0.142 e. The summed E-state index contributed by atoms with van der Waals surface area (Å²) in [7, 11) is 0. The van der Waals surface area contributed by atoms with E-state index in [2.05, 4.69) is 9.97 Å². The molecule has 0 saturated heterocycles. The normalized spacial score (nSPS) is 10.5. The van der Waals surface area contributed by atoms with Gasteiger partial charge in [0.05, 0.1) is 23.8 Å². The Morgan fingerprint density at radius 2 is 2.15 bits per heavy atom. The first-order valence-electron chi connectivity index (χ1n) is 3.91. The molecule has 0 aliphatic heterocycles. The van der Waals surface area contributed by atoms with Crippen molar-refractivity contribution in [3.8, 4) is 0 Å². The van der Waals surface area contributed by atoms with E-state index in [9.17, 15) is 0 Å². The smallest absolute Gasteiger partial charge is 0.142 e. The number of hydrogen-bond donors (Lipinski definition) is 2. The largest absolute Gasteiger partial charge is 0.392 e. The molecule has 0 unspecified atom stereocenters. The third-order valence-corrected chi connectivity index (χ3v) is 1.81. The maximum absolute atomic E-state index is 8.88. The van der Waals surface area contributed by atoms with Gasteiger partial charge in [-0.2, -0.15) is 0 Å². The van der Waals surface area contributed by atoms with Gasteiger partial charge in [-0.05, 0) is 17.7 Å². The number of nitrogens with two attached hydrogens (primary N) is 1. The lowest BCUT2D eigenvalue weighted by atomic mass is 10.2. The van der Waals surface area contributed by atoms with Crippen LogP contribution in [0.4, 0.5) is 5.82 Å². The van der Waals surface area contributed by atoms with Crippen molar-refractivity contribution in [2.24, 2.45) is 0 Å². The zero-order valence-corrected chi connectivity index (χ0v) is 6.94. The lowest BCUT2D eigenvalue weighted by Crippen LogP contribution is -1.93. The van der Waals surface area contributed by atoms with Gasteiger partial charge in [-0.15, -0.1) is 0 Å². The summed E-state index contributed by atoms with van der Waals surface area (Å²) in [5.41, 5.74) is 7.80. The number of rotatable bonds is 1. The number of nitrogens with zero attached hydrogens (tertiary/aromatic N) is 2. The Labute approximate surface area is 75.1 Å². The fourth-order valence-corrected chi connectivity index (χ4v) is 1.17. The SMILES string of the molecule is Nc1cnc2cc(CO)ccc2n1. The number of aliphatic hydroxyl groups excluding tert-OH is 1. The summed E-state index contributed by atoms with van der Waals surface area (Å²) >= 11 is 0. The summed E-state index contributed by atoms with van der Waals surface area (Å²) in [6.07, 6.45) is 1.50. The lowest BCUT2D eigenvalue weighted by molar-refractivity contribution is 0.282. The molecule has 4 nitrogen and oxygen atoms in total. The van der Waals surface area contributed by atoms with Crippen molar-refractivity contribution in [1.82, 2.24) is 9.97 Å². The van der Waals surface area contributed by atoms with Crippen LogP contribution in [0, 0.1) is 0 Å². The fourth-order valence-electron chi connectivity index (χ4n) is 1.17. The van der Waals surface area contributed by atoms with Gasteiger partial charge in [-0.3, -0.25) is 4.98 Å². The van der Waals surface area contributed by atoms with Gasteiger partial charge in [0.1, 0.15) is 5.82 Å². The van der Waals surface area contributed by atoms with Crippen LogP contribution in [-0.2, 0) is 6.61 Å². The zero-order valence-electron chi connectivity index (χ0n) is 6.94. The third kappa shape index (κ3) is 1.43. The molecule has 0 aliphatic rings. The molecule has 0 fully saturated rings. The minimum atomic E-state index is 0.0159. The number of aromatic nitrogens is 2. The Balaban J connectivity index is 2.66. The van der Waals surface area contributed by atoms with Crippen LogP contribution in [0.25, 0.3) is 11.0 Å². The van der Waals surface area contributed by atoms with E-state index in [-0.39, 0.29) is 6.61 Å². The number of aliphatic hydroxyl groups is 1. The third-order valence-electron chi connectivity index (χ3n) is 1.81. The summed E-state index contributed by atoms with van der Waals surface area (Å²) in [4.78, 5) is 8.18. The highest BCUT2D eigenvalue weighted by atomic mass is 16.3. The van der Waals surface area contributed by atoms with E-state index >= 15 is 0 Å². The number of fused-ring (bicyclic) bond motifs is 1. The topological polar surface area (TPSA) is 72.0 Å². The summed E-state index contributed by atoms with van der Waals surface area (Å²) < 4.78 is 0. The molecule has 2 rings (SSSR count). The van der Waals surface area contributed by atoms with Crippen LogP contribution in [0.15, 0.2) is 24.4 Å². The predicted octanol–water partition coefficient (Wildman–Crippen LogP) is 0.704. The van der Waals surface area contributed by atoms with Gasteiger partial charge in [-0.25, -0.2) is 4.98 Å². The summed E-state index contributed by atoms with van der Waals surface area (Å²) in [5.74, 6) is 0.407. The van der Waals surface area contributed by atoms with Gasteiger partial charge < -0.3 is 10.8 Å². The van der Waals surface area contributed by atoms with Crippen molar-refractivity contribution in [1.29, 1.82) is 0 Å². The van der Waals surface area contributed by atoms with E-state index in [1.54, 1.807) is 18.2 Å². The molecule has 1 aromatic heterocycles. The monoisotopic (exact) mass is 175 g/mol. The van der Waals surface area contributed by atoms with Crippen molar-refractivity contribution in [2.45, 2.75) is 6.61 Å². The van der Waals surface area contributed by atoms with Crippen LogP contribution < -0.4 is 5.73 Å². The van der Waals surface area contributed by atoms with E-state index in [0.717, 1.165) is 16.6 Å². The molecule has 66 valence electrons. The summed E-state index contributed by atoms with van der Waals surface area (Å²) in [6.45, 7) is 0.0159. The quantitative estimate of drug-likeness (QED) is 0.669. The number of hydrogen-bond acceptors (Lipinski definition) is 4. The molecule has 0 amide bonds. The lowest BCUT2D eigenvalue weighted by Gasteiger charge is -1.99. The summed E-state index contributed by atoms with van der Waals surface area (Å²) in [5, 5.41) is 8.88. The van der Waals surface area contributed by atoms with Gasteiger partial charge >= 0.3 is 0 Å². The second-order valence-electron chi connectivity index (χ2n) is 2.78. The van der Waals surface area contributed by atoms with Gasteiger partial charge in [0.25, 0.3) is 0 Å². The molecule has 0 aliphatic carbocycles. The predicted molar refractivity (Wildman–Crippen MR) is 49.9 cm³/mol. The van der Waals surface area contributed by atoms with E-state index in [4.69, 9.17) is 10.8 Å². The highest BCUT2D eigenvalue weighted by Gasteiger charge is 1.98. The highest BCUT2D eigenvalue weighted by Crippen LogP contribution is 2.12. The molecule has 0 bridgehead atoms. The maximum atomic E-state index is 8.88. The van der Waals surface area contributed by atoms with Crippen molar-refractivity contribution in [3.63, 3.8) is 0 Å². The van der Waals surface area contributed by atoms with Crippen molar-refractivity contribution in [3.05, 3.63) is 30.0 Å². The first kappa shape index (κ1) is 7.94. The number of benzene rings is 1. The second kappa shape index (κ2) is 2.99. The van der Waals surface area contributed by atoms with Gasteiger partial charge in [0, 0.05) is 0 Å². The Morgan fingerprint density at radius 3 is 2.92 bits per heavy atom. The molecule has 0 spiro atoms. The van der Waals surface area contributed by atoms with Gasteiger partial charge in [-0.1, -0.05) is 6.07 Å². The molecule has 1 aromatic carbocycles. The average Bonchev–Trinajstić information content (AvgIpc) is 2.17. The molecule has 13 heavy (non-hydrogen) atoms.